The molecular weight excluding hydrogens is 607 g/mol. The van der Waals surface area contributed by atoms with Crippen molar-refractivity contribution in [2.45, 2.75) is 56.2 Å². The smallest absolute Gasteiger partial charge is 0.301 e. The summed E-state index contributed by atoms with van der Waals surface area (Å²) < 4.78 is 8.55. The van der Waals surface area contributed by atoms with E-state index in [1.165, 1.54) is 28.0 Å². The van der Waals surface area contributed by atoms with Crippen molar-refractivity contribution in [3.63, 3.8) is 0 Å². The largest absolute Gasteiger partial charge is 0.505 e. The molecule has 1 aliphatic rings. The number of thioether (sulfide) groups is 1. The number of anilines is 1. The Kier molecular flexibility index (Phi) is 8.99. The molecule has 4 heterocycles. The molecule has 1 unspecified atom stereocenters. The van der Waals surface area contributed by atoms with Crippen LogP contribution in [0.1, 0.15) is 60.3 Å². The molecule has 3 aromatic heterocycles. The van der Waals surface area contributed by atoms with Gasteiger partial charge in [-0.05, 0) is 55.2 Å². The van der Waals surface area contributed by atoms with E-state index in [2.05, 4.69) is 17.1 Å². The number of aryl methyl sites for hydroxylation is 2. The zero-order valence-corrected chi connectivity index (χ0v) is 26.9. The topological polar surface area (TPSA) is 110 Å². The van der Waals surface area contributed by atoms with E-state index in [1.807, 2.05) is 91.2 Å². The van der Waals surface area contributed by atoms with Gasteiger partial charge in [0.05, 0.1) is 23.9 Å². The van der Waals surface area contributed by atoms with Gasteiger partial charge in [0.25, 0.3) is 5.78 Å². The fourth-order valence-electron chi connectivity index (χ4n) is 5.41. The summed E-state index contributed by atoms with van der Waals surface area (Å²) in [5, 5.41) is 20.7. The van der Waals surface area contributed by atoms with Crippen molar-refractivity contribution in [3.05, 3.63) is 107 Å². The number of pyridine rings is 1. The van der Waals surface area contributed by atoms with Crippen molar-refractivity contribution < 1.29 is 19.4 Å². The average molecular weight is 640 g/mol. The van der Waals surface area contributed by atoms with Gasteiger partial charge in [-0.2, -0.15) is 0 Å². The molecule has 1 atom stereocenters. The number of hydrogen-bond acceptors (Lipinski definition) is 9. The summed E-state index contributed by atoms with van der Waals surface area (Å²) in [5.74, 6) is -0.636. The Hall–Kier alpha value is -4.48. The molecule has 1 fully saturated rings. The number of Topliss-reactive ketones (excluding diaryl/α,β-unsaturated/α-hetero) is 1. The summed E-state index contributed by atoms with van der Waals surface area (Å²) >= 11 is 2.74. The SMILES string of the molecule is CCCCCOc1cccc(C2C(=C(O)c3nc4c(C)cccn4c3C)C(=O)C(=O)N2c2nnc(SCc3ccccc3)s2)c1. The van der Waals surface area contributed by atoms with Crippen LogP contribution in [-0.2, 0) is 15.3 Å². The predicted molar refractivity (Wildman–Crippen MR) is 177 cm³/mol. The Morgan fingerprint density at radius 3 is 2.62 bits per heavy atom. The molecule has 11 heteroatoms. The van der Waals surface area contributed by atoms with Crippen LogP contribution >= 0.6 is 23.1 Å². The molecular formula is C34H33N5O4S2. The number of rotatable bonds is 11. The normalized spacial score (nSPS) is 16.2. The van der Waals surface area contributed by atoms with Crippen LogP contribution in [0.5, 0.6) is 5.75 Å². The Morgan fingerprint density at radius 1 is 1.02 bits per heavy atom. The van der Waals surface area contributed by atoms with Crippen LogP contribution in [0.2, 0.25) is 0 Å². The average Bonchev–Trinajstić information content (AvgIpc) is 3.73. The van der Waals surface area contributed by atoms with Gasteiger partial charge >= 0.3 is 5.91 Å². The van der Waals surface area contributed by atoms with Crippen molar-refractivity contribution in [2.24, 2.45) is 0 Å². The summed E-state index contributed by atoms with van der Waals surface area (Å²) in [5.41, 5.74) is 4.16. The van der Waals surface area contributed by atoms with Gasteiger partial charge < -0.3 is 14.2 Å². The second-order valence-corrected chi connectivity index (χ2v) is 13.0. The minimum absolute atomic E-state index is 0.0546. The van der Waals surface area contributed by atoms with E-state index in [-0.39, 0.29) is 22.2 Å². The van der Waals surface area contributed by atoms with Crippen LogP contribution in [0.25, 0.3) is 11.4 Å². The molecule has 0 bridgehead atoms. The zero-order valence-electron chi connectivity index (χ0n) is 25.3. The molecule has 5 aromatic rings. The predicted octanol–water partition coefficient (Wildman–Crippen LogP) is 7.29. The number of amides is 1. The highest BCUT2D eigenvalue weighted by Crippen LogP contribution is 2.45. The van der Waals surface area contributed by atoms with Gasteiger partial charge in [-0.15, -0.1) is 10.2 Å². The Balaban J connectivity index is 1.42. The third-order valence-electron chi connectivity index (χ3n) is 7.75. The van der Waals surface area contributed by atoms with Crippen molar-refractivity contribution in [3.8, 4) is 5.75 Å². The number of carbonyl (C=O) groups excluding carboxylic acids is 2. The second kappa shape index (κ2) is 13.3. The number of aliphatic hydroxyl groups is 1. The first-order chi connectivity index (χ1) is 21.9. The molecule has 45 heavy (non-hydrogen) atoms. The Bertz CT molecular complexity index is 1900. The zero-order chi connectivity index (χ0) is 31.5. The molecule has 1 N–H and O–H groups in total. The number of aliphatic hydroxyl groups excluding tert-OH is 1. The van der Waals surface area contributed by atoms with Gasteiger partial charge in [-0.25, -0.2) is 4.98 Å². The maximum Gasteiger partial charge on any atom is 0.301 e. The van der Waals surface area contributed by atoms with E-state index in [4.69, 9.17) is 9.72 Å². The van der Waals surface area contributed by atoms with Gasteiger partial charge in [-0.3, -0.25) is 14.5 Å². The van der Waals surface area contributed by atoms with E-state index in [0.29, 0.717) is 39.4 Å². The van der Waals surface area contributed by atoms with Gasteiger partial charge in [-0.1, -0.05) is 91.4 Å². The first-order valence-corrected chi connectivity index (χ1v) is 16.7. The van der Waals surface area contributed by atoms with E-state index in [0.717, 1.165) is 30.4 Å². The van der Waals surface area contributed by atoms with Crippen molar-refractivity contribution >= 4 is 51.3 Å². The third kappa shape index (κ3) is 6.10. The summed E-state index contributed by atoms with van der Waals surface area (Å²) in [7, 11) is 0. The lowest BCUT2D eigenvalue weighted by molar-refractivity contribution is -0.132. The van der Waals surface area contributed by atoms with Crippen molar-refractivity contribution in [1.29, 1.82) is 0 Å². The van der Waals surface area contributed by atoms with E-state index < -0.39 is 17.7 Å². The monoisotopic (exact) mass is 639 g/mol. The first kappa shape index (κ1) is 30.5. The van der Waals surface area contributed by atoms with Crippen LogP contribution in [0, 0.1) is 13.8 Å². The lowest BCUT2D eigenvalue weighted by atomic mass is 9.96. The number of hydrogen-bond donors (Lipinski definition) is 1. The highest BCUT2D eigenvalue weighted by atomic mass is 32.2. The molecule has 230 valence electrons. The number of benzene rings is 2. The number of aromatic nitrogens is 4. The molecule has 1 saturated heterocycles. The number of unbranched alkanes of at least 4 members (excludes halogenated alkanes) is 2. The lowest BCUT2D eigenvalue weighted by Gasteiger charge is -2.23. The standard InChI is InChI=1S/C34H33N5O4S2/c1-4-5-9-18-43-25-16-10-15-24(19-25)28-26(29(40)27-22(3)38-17-11-12-21(2)31(38)35-27)30(41)32(42)39(28)33-36-37-34(45-33)44-20-23-13-7-6-8-14-23/h6-8,10-17,19,28,40H,4-5,9,18,20H2,1-3H3. The quantitative estimate of drug-likeness (QED) is 0.0401. The molecule has 0 saturated carbocycles. The summed E-state index contributed by atoms with van der Waals surface area (Å²) in [6.45, 7) is 6.44. The molecule has 9 nitrogen and oxygen atoms in total. The summed E-state index contributed by atoms with van der Waals surface area (Å²) in [6, 6.07) is 20.2. The van der Waals surface area contributed by atoms with E-state index in [1.54, 1.807) is 0 Å². The maximum atomic E-state index is 13.8. The molecule has 2 aromatic carbocycles. The van der Waals surface area contributed by atoms with Gasteiger partial charge in [0.2, 0.25) is 5.13 Å². The highest BCUT2D eigenvalue weighted by molar-refractivity contribution is 8.00. The maximum absolute atomic E-state index is 13.8. The van der Waals surface area contributed by atoms with Crippen molar-refractivity contribution in [2.75, 3.05) is 11.5 Å². The fourth-order valence-corrected chi connectivity index (χ4v) is 7.24. The number of carbonyl (C=O) groups is 2. The lowest BCUT2D eigenvalue weighted by Crippen LogP contribution is -2.29. The van der Waals surface area contributed by atoms with Crippen LogP contribution in [-0.4, -0.2) is 43.0 Å². The molecule has 1 amide bonds. The van der Waals surface area contributed by atoms with Crippen LogP contribution in [0.4, 0.5) is 5.13 Å². The van der Waals surface area contributed by atoms with E-state index >= 15 is 0 Å². The molecule has 1 aliphatic heterocycles. The number of imidazole rings is 1. The molecule has 0 aliphatic carbocycles. The second-order valence-electron chi connectivity index (χ2n) is 10.9. The third-order valence-corrected chi connectivity index (χ3v) is 9.88. The molecule has 0 spiro atoms. The minimum Gasteiger partial charge on any atom is -0.505 e. The van der Waals surface area contributed by atoms with E-state index in [9.17, 15) is 14.7 Å². The first-order valence-electron chi connectivity index (χ1n) is 14.9. The minimum atomic E-state index is -0.963. The summed E-state index contributed by atoms with van der Waals surface area (Å²) in [4.78, 5) is 33.6. The number of fused-ring (bicyclic) bond motifs is 1. The molecule has 0 radical (unpaired) electrons. The van der Waals surface area contributed by atoms with Gasteiger partial charge in [0, 0.05) is 11.9 Å². The van der Waals surface area contributed by atoms with Crippen LogP contribution in [0.15, 0.2) is 82.8 Å². The number of nitrogens with zero attached hydrogens (tertiary/aromatic N) is 5. The number of ether oxygens (including phenoxy) is 1. The van der Waals surface area contributed by atoms with Crippen molar-refractivity contribution in [1.82, 2.24) is 19.6 Å². The highest BCUT2D eigenvalue weighted by Gasteiger charge is 2.49. The summed E-state index contributed by atoms with van der Waals surface area (Å²) in [6.07, 6.45) is 4.90. The fraction of sp³-hybridized carbons (Fsp3) is 0.265. The number of ketones is 1. The van der Waals surface area contributed by atoms with Crippen LogP contribution < -0.4 is 9.64 Å². The van der Waals surface area contributed by atoms with Gasteiger partial charge in [0.15, 0.2) is 10.1 Å². The molecule has 6 rings (SSSR count). The Labute approximate surface area is 269 Å². The van der Waals surface area contributed by atoms with Crippen LogP contribution in [0.3, 0.4) is 0 Å². The van der Waals surface area contributed by atoms with Gasteiger partial charge in [0.1, 0.15) is 17.1 Å². The Morgan fingerprint density at radius 2 is 1.84 bits per heavy atom.